The molecule has 0 saturated carbocycles. The van der Waals surface area contributed by atoms with Gasteiger partial charge in [-0.1, -0.05) is 15.9 Å². The Morgan fingerprint density at radius 2 is 1.94 bits per heavy atom. The quantitative estimate of drug-likeness (QED) is 0.925. The van der Waals surface area contributed by atoms with E-state index in [0.29, 0.717) is 31.7 Å². The summed E-state index contributed by atoms with van der Waals surface area (Å²) in [5.74, 6) is 0. The fraction of sp³-hybridized carbons (Fsp3) is 0.500. The van der Waals surface area contributed by atoms with Crippen LogP contribution < -0.4 is 4.72 Å². The van der Waals surface area contributed by atoms with Gasteiger partial charge >= 0.3 is 0 Å². The van der Waals surface area contributed by atoms with Crippen LogP contribution in [0, 0.1) is 6.92 Å². The summed E-state index contributed by atoms with van der Waals surface area (Å²) in [4.78, 5) is 0. The normalized spacial score (nSPS) is 17.7. The maximum absolute atomic E-state index is 12.2. The van der Waals surface area contributed by atoms with Crippen molar-refractivity contribution in [3.63, 3.8) is 0 Å². The van der Waals surface area contributed by atoms with E-state index >= 15 is 0 Å². The van der Waals surface area contributed by atoms with Gasteiger partial charge in [-0.05, 0) is 43.5 Å². The first-order chi connectivity index (χ1) is 8.47. The van der Waals surface area contributed by atoms with Gasteiger partial charge < -0.3 is 4.74 Å². The van der Waals surface area contributed by atoms with E-state index in [1.807, 2.05) is 19.1 Å². The summed E-state index contributed by atoms with van der Waals surface area (Å²) in [5, 5.41) is -0.356. The van der Waals surface area contributed by atoms with E-state index < -0.39 is 10.0 Å². The van der Waals surface area contributed by atoms with Crippen LogP contribution in [-0.4, -0.2) is 26.9 Å². The molecular weight excluding hydrogens is 318 g/mol. The van der Waals surface area contributed by atoms with Gasteiger partial charge in [-0.3, -0.25) is 4.72 Å². The molecular formula is C12H16BrNO3S. The van der Waals surface area contributed by atoms with Crippen molar-refractivity contribution < 1.29 is 13.2 Å². The second-order valence-electron chi connectivity index (χ2n) is 4.48. The fourth-order valence-corrected chi connectivity index (χ4v) is 4.06. The van der Waals surface area contributed by atoms with Gasteiger partial charge in [0.25, 0.3) is 0 Å². The molecule has 0 atom stereocenters. The van der Waals surface area contributed by atoms with Crippen LogP contribution in [0.3, 0.4) is 0 Å². The highest BCUT2D eigenvalue weighted by molar-refractivity contribution is 9.10. The molecule has 0 radical (unpaired) electrons. The third-order valence-electron chi connectivity index (χ3n) is 2.91. The van der Waals surface area contributed by atoms with E-state index in [4.69, 9.17) is 4.74 Å². The molecule has 6 heteroatoms. The van der Waals surface area contributed by atoms with E-state index in [-0.39, 0.29) is 5.25 Å². The van der Waals surface area contributed by atoms with Gasteiger partial charge in [-0.15, -0.1) is 0 Å². The highest BCUT2D eigenvalue weighted by Gasteiger charge is 2.27. The van der Waals surface area contributed by atoms with E-state index in [1.54, 1.807) is 6.07 Å². The number of nitrogens with one attached hydrogen (secondary N) is 1. The molecule has 1 aromatic carbocycles. The Balaban J connectivity index is 2.16. The minimum absolute atomic E-state index is 0.356. The molecule has 1 N–H and O–H groups in total. The van der Waals surface area contributed by atoms with Gasteiger partial charge in [0.15, 0.2) is 0 Å². The molecule has 18 heavy (non-hydrogen) atoms. The number of hydrogen-bond acceptors (Lipinski definition) is 3. The van der Waals surface area contributed by atoms with Crippen LogP contribution >= 0.6 is 15.9 Å². The standard InChI is InChI=1S/C12H16BrNO3S/c1-9-6-10(13)8-11(7-9)14-18(15,16)12-2-4-17-5-3-12/h6-8,12,14H,2-5H2,1H3. The van der Waals surface area contributed by atoms with Crippen molar-refractivity contribution >= 4 is 31.6 Å². The average molecular weight is 334 g/mol. The van der Waals surface area contributed by atoms with E-state index in [0.717, 1.165) is 10.0 Å². The smallest absolute Gasteiger partial charge is 0.235 e. The first-order valence-electron chi connectivity index (χ1n) is 5.84. The number of benzene rings is 1. The van der Waals surface area contributed by atoms with Gasteiger partial charge in [0, 0.05) is 23.4 Å². The SMILES string of the molecule is Cc1cc(Br)cc(NS(=O)(=O)C2CCOCC2)c1. The van der Waals surface area contributed by atoms with Crippen LogP contribution in [0.5, 0.6) is 0 Å². The van der Waals surface area contributed by atoms with Gasteiger partial charge in [-0.2, -0.15) is 0 Å². The van der Waals surface area contributed by atoms with Crippen LogP contribution in [0.1, 0.15) is 18.4 Å². The number of anilines is 1. The minimum atomic E-state index is -3.32. The van der Waals surface area contributed by atoms with Crippen molar-refractivity contribution in [3.8, 4) is 0 Å². The van der Waals surface area contributed by atoms with Crippen molar-refractivity contribution in [1.82, 2.24) is 0 Å². The van der Waals surface area contributed by atoms with Crippen LogP contribution in [0.15, 0.2) is 22.7 Å². The summed E-state index contributed by atoms with van der Waals surface area (Å²) in [6.07, 6.45) is 1.12. The maximum atomic E-state index is 12.2. The summed E-state index contributed by atoms with van der Waals surface area (Å²) < 4.78 is 33.1. The number of ether oxygens (including phenoxy) is 1. The first kappa shape index (κ1) is 13.8. The van der Waals surface area contributed by atoms with Crippen molar-refractivity contribution in [3.05, 3.63) is 28.2 Å². The maximum Gasteiger partial charge on any atom is 0.235 e. The zero-order valence-electron chi connectivity index (χ0n) is 10.1. The summed E-state index contributed by atoms with van der Waals surface area (Å²) >= 11 is 3.36. The molecule has 1 fully saturated rings. The Kier molecular flexibility index (Phi) is 4.29. The number of hydrogen-bond donors (Lipinski definition) is 1. The van der Waals surface area contributed by atoms with Gasteiger partial charge in [0.2, 0.25) is 10.0 Å². The number of aryl methyl sites for hydroxylation is 1. The Bertz CT molecular complexity index is 504. The Morgan fingerprint density at radius 3 is 2.56 bits per heavy atom. The minimum Gasteiger partial charge on any atom is -0.381 e. The molecule has 0 bridgehead atoms. The van der Waals surface area contributed by atoms with Gasteiger partial charge in [0.05, 0.1) is 5.25 Å². The van der Waals surface area contributed by atoms with Crippen LogP contribution in [0.25, 0.3) is 0 Å². The molecule has 0 amide bonds. The monoisotopic (exact) mass is 333 g/mol. The molecule has 2 rings (SSSR count). The first-order valence-corrected chi connectivity index (χ1v) is 8.18. The molecule has 0 unspecified atom stereocenters. The van der Waals surface area contributed by atoms with Crippen molar-refractivity contribution in [2.45, 2.75) is 25.0 Å². The highest BCUT2D eigenvalue weighted by Crippen LogP contribution is 2.23. The molecule has 1 aliphatic rings. The average Bonchev–Trinajstić information content (AvgIpc) is 2.28. The van der Waals surface area contributed by atoms with Crippen molar-refractivity contribution in [2.75, 3.05) is 17.9 Å². The van der Waals surface area contributed by atoms with Crippen LogP contribution in [-0.2, 0) is 14.8 Å². The molecule has 0 spiro atoms. The number of rotatable bonds is 3. The Morgan fingerprint density at radius 1 is 1.28 bits per heavy atom. The predicted octanol–water partition coefficient (Wildman–Crippen LogP) is 2.68. The third kappa shape index (κ3) is 3.46. The topological polar surface area (TPSA) is 55.4 Å². The lowest BCUT2D eigenvalue weighted by atomic mass is 10.2. The molecule has 100 valence electrons. The predicted molar refractivity (Wildman–Crippen MR) is 75.3 cm³/mol. The zero-order chi connectivity index (χ0) is 13.2. The Hall–Kier alpha value is -0.590. The van der Waals surface area contributed by atoms with E-state index in [1.165, 1.54) is 0 Å². The van der Waals surface area contributed by atoms with Gasteiger partial charge in [-0.25, -0.2) is 8.42 Å². The zero-order valence-corrected chi connectivity index (χ0v) is 12.6. The van der Waals surface area contributed by atoms with E-state index in [9.17, 15) is 8.42 Å². The van der Waals surface area contributed by atoms with Crippen molar-refractivity contribution in [1.29, 1.82) is 0 Å². The second kappa shape index (κ2) is 5.59. The van der Waals surface area contributed by atoms with Crippen molar-refractivity contribution in [2.24, 2.45) is 0 Å². The number of halogens is 1. The highest BCUT2D eigenvalue weighted by atomic mass is 79.9. The lowest BCUT2D eigenvalue weighted by Crippen LogP contribution is -2.33. The van der Waals surface area contributed by atoms with Gasteiger partial charge in [0.1, 0.15) is 0 Å². The lowest BCUT2D eigenvalue weighted by molar-refractivity contribution is 0.0984. The largest absolute Gasteiger partial charge is 0.381 e. The Labute approximate surface area is 116 Å². The van der Waals surface area contributed by atoms with E-state index in [2.05, 4.69) is 20.7 Å². The van der Waals surface area contributed by atoms with Crippen LogP contribution in [0.4, 0.5) is 5.69 Å². The molecule has 1 aromatic rings. The lowest BCUT2D eigenvalue weighted by Gasteiger charge is -2.22. The second-order valence-corrected chi connectivity index (χ2v) is 7.35. The summed E-state index contributed by atoms with van der Waals surface area (Å²) in [6.45, 7) is 2.96. The van der Waals surface area contributed by atoms with Crippen LogP contribution in [0.2, 0.25) is 0 Å². The summed E-state index contributed by atoms with van der Waals surface area (Å²) in [6, 6.07) is 5.53. The summed E-state index contributed by atoms with van der Waals surface area (Å²) in [7, 11) is -3.32. The molecule has 0 aromatic heterocycles. The third-order valence-corrected chi connectivity index (χ3v) is 5.24. The fourth-order valence-electron chi connectivity index (χ4n) is 2.03. The summed E-state index contributed by atoms with van der Waals surface area (Å²) in [5.41, 5.74) is 1.61. The molecule has 1 heterocycles. The molecule has 1 saturated heterocycles. The molecule has 0 aliphatic carbocycles. The molecule has 1 aliphatic heterocycles. The molecule has 4 nitrogen and oxygen atoms in total. The number of sulfonamides is 1.